The van der Waals surface area contributed by atoms with Crippen LogP contribution in [0.2, 0.25) is 0 Å². The molecule has 1 N–H and O–H groups in total. The predicted octanol–water partition coefficient (Wildman–Crippen LogP) is 4.02. The highest BCUT2D eigenvalue weighted by atomic mass is 16.6. The van der Waals surface area contributed by atoms with Crippen LogP contribution in [0.25, 0.3) is 0 Å². The fraction of sp³-hybridized carbons (Fsp3) is 0.500. The predicted molar refractivity (Wildman–Crippen MR) is 98.3 cm³/mol. The second-order valence-corrected chi connectivity index (χ2v) is 7.23. The third kappa shape index (κ3) is 8.49. The van der Waals surface area contributed by atoms with Crippen molar-refractivity contribution in [3.05, 3.63) is 48.0 Å². The first kappa shape index (κ1) is 20.9. The largest absolute Gasteiger partial charge is 0.444 e. The molecule has 0 saturated heterocycles. The van der Waals surface area contributed by atoms with Crippen LogP contribution in [-0.4, -0.2) is 29.6 Å². The fourth-order valence-corrected chi connectivity index (χ4v) is 2.20. The molecule has 5 heteroatoms. The van der Waals surface area contributed by atoms with Crippen molar-refractivity contribution in [2.75, 3.05) is 0 Å². The summed E-state index contributed by atoms with van der Waals surface area (Å²) in [5.41, 5.74) is 1.09. The number of benzene rings is 1. The van der Waals surface area contributed by atoms with Gasteiger partial charge in [0.15, 0.2) is 5.78 Å². The average Bonchev–Trinajstić information content (AvgIpc) is 2.48. The lowest BCUT2D eigenvalue weighted by molar-refractivity contribution is -0.124. The van der Waals surface area contributed by atoms with E-state index in [0.29, 0.717) is 6.61 Å². The zero-order valence-electron chi connectivity index (χ0n) is 15.8. The summed E-state index contributed by atoms with van der Waals surface area (Å²) in [7, 11) is 0. The summed E-state index contributed by atoms with van der Waals surface area (Å²) in [5.74, 6) is -0.154. The number of rotatable bonds is 8. The molecule has 138 valence electrons. The maximum absolute atomic E-state index is 12.5. The molecule has 0 aliphatic heterocycles. The highest BCUT2D eigenvalue weighted by Crippen LogP contribution is 2.12. The lowest BCUT2D eigenvalue weighted by atomic mass is 10.0. The Balaban J connectivity index is 2.76. The van der Waals surface area contributed by atoms with Crippen molar-refractivity contribution in [1.82, 2.24) is 5.32 Å². The van der Waals surface area contributed by atoms with Crippen LogP contribution in [0.4, 0.5) is 4.79 Å². The van der Waals surface area contributed by atoms with E-state index in [1.165, 1.54) is 0 Å². The molecular formula is C20H29NO4. The lowest BCUT2D eigenvalue weighted by Crippen LogP contribution is -2.50. The molecule has 1 aromatic rings. The van der Waals surface area contributed by atoms with Gasteiger partial charge >= 0.3 is 6.09 Å². The normalized spacial score (nSPS) is 13.6. The number of alkyl carbamates (subject to hydrolysis) is 1. The molecule has 0 saturated carbocycles. The Bertz CT molecular complexity index is 589. The number of carbonyl (C=O) groups excluding carboxylic acids is 2. The number of amides is 1. The van der Waals surface area contributed by atoms with Crippen LogP contribution in [0.15, 0.2) is 42.5 Å². The highest BCUT2D eigenvalue weighted by Gasteiger charge is 2.29. The van der Waals surface area contributed by atoms with E-state index in [0.717, 1.165) is 11.1 Å². The van der Waals surface area contributed by atoms with E-state index in [4.69, 9.17) is 9.47 Å². The first-order valence-electron chi connectivity index (χ1n) is 8.40. The Kier molecular flexibility index (Phi) is 7.84. The van der Waals surface area contributed by atoms with Crippen LogP contribution >= 0.6 is 0 Å². The number of nitrogens with one attached hydrogen (secondary N) is 1. The molecule has 1 rings (SSSR count). The summed E-state index contributed by atoms with van der Waals surface area (Å²) < 4.78 is 11.1. The van der Waals surface area contributed by atoms with Crippen LogP contribution in [-0.2, 0) is 20.9 Å². The van der Waals surface area contributed by atoms with Gasteiger partial charge in [-0.1, -0.05) is 42.5 Å². The molecule has 0 bridgehead atoms. The molecule has 1 amide bonds. The summed E-state index contributed by atoms with van der Waals surface area (Å²) in [6.45, 7) is 13.0. The second kappa shape index (κ2) is 9.37. The molecule has 0 heterocycles. The Morgan fingerprint density at radius 1 is 1.20 bits per heavy atom. The molecule has 25 heavy (non-hydrogen) atoms. The standard InChI is InChI=1S/C20H29NO4/c1-14(2)12-17(22)18(21-19(23)25-20(4,5)6)15(3)24-13-16-10-8-7-9-11-16/h7-11,15,18H,1,12-13H2,2-6H3,(H,21,23). The van der Waals surface area contributed by atoms with Crippen molar-refractivity contribution < 1.29 is 19.1 Å². The Morgan fingerprint density at radius 3 is 2.32 bits per heavy atom. The van der Waals surface area contributed by atoms with Crippen molar-refractivity contribution in [3.8, 4) is 0 Å². The van der Waals surface area contributed by atoms with Gasteiger partial charge in [0.05, 0.1) is 12.7 Å². The molecule has 0 aliphatic rings. The number of carbonyl (C=O) groups is 2. The first-order valence-corrected chi connectivity index (χ1v) is 8.40. The Labute approximate surface area is 150 Å². The maximum atomic E-state index is 12.5. The van der Waals surface area contributed by atoms with Crippen LogP contribution < -0.4 is 5.32 Å². The minimum Gasteiger partial charge on any atom is -0.444 e. The zero-order chi connectivity index (χ0) is 19.0. The van der Waals surface area contributed by atoms with Crippen LogP contribution in [0.1, 0.15) is 46.6 Å². The summed E-state index contributed by atoms with van der Waals surface area (Å²) in [6, 6.07) is 8.86. The number of hydrogen-bond acceptors (Lipinski definition) is 4. The summed E-state index contributed by atoms with van der Waals surface area (Å²) in [6.07, 6.45) is -0.957. The van der Waals surface area contributed by atoms with E-state index in [1.54, 1.807) is 34.6 Å². The monoisotopic (exact) mass is 347 g/mol. The minimum atomic E-state index is -0.796. The van der Waals surface area contributed by atoms with Crippen molar-refractivity contribution >= 4 is 11.9 Å². The topological polar surface area (TPSA) is 64.6 Å². The number of ketones is 1. The van der Waals surface area contributed by atoms with Crippen LogP contribution in [0, 0.1) is 0 Å². The van der Waals surface area contributed by atoms with Gasteiger partial charge in [-0.15, -0.1) is 0 Å². The van der Waals surface area contributed by atoms with Gasteiger partial charge in [0.25, 0.3) is 0 Å². The van der Waals surface area contributed by atoms with Gasteiger partial charge in [0.1, 0.15) is 11.6 Å². The zero-order valence-corrected chi connectivity index (χ0v) is 15.8. The summed E-state index contributed by atoms with van der Waals surface area (Å²) >= 11 is 0. The van der Waals surface area contributed by atoms with E-state index < -0.39 is 23.8 Å². The van der Waals surface area contributed by atoms with Crippen molar-refractivity contribution in [1.29, 1.82) is 0 Å². The van der Waals surface area contributed by atoms with Gasteiger partial charge in [-0.2, -0.15) is 0 Å². The van der Waals surface area contributed by atoms with E-state index in [1.807, 2.05) is 30.3 Å². The quantitative estimate of drug-likeness (QED) is 0.721. The van der Waals surface area contributed by atoms with Gasteiger partial charge < -0.3 is 14.8 Å². The van der Waals surface area contributed by atoms with Crippen LogP contribution in [0.3, 0.4) is 0 Å². The lowest BCUT2D eigenvalue weighted by Gasteiger charge is -2.27. The molecule has 0 aliphatic carbocycles. The third-order valence-corrected chi connectivity index (χ3v) is 3.32. The Hall–Kier alpha value is -2.14. The maximum Gasteiger partial charge on any atom is 0.408 e. The minimum absolute atomic E-state index is 0.154. The number of hydrogen-bond donors (Lipinski definition) is 1. The van der Waals surface area contributed by atoms with Crippen molar-refractivity contribution in [2.24, 2.45) is 0 Å². The molecule has 2 unspecified atom stereocenters. The molecule has 0 radical (unpaired) electrons. The smallest absolute Gasteiger partial charge is 0.408 e. The molecule has 1 aromatic carbocycles. The fourth-order valence-electron chi connectivity index (χ4n) is 2.20. The molecule has 0 aromatic heterocycles. The van der Waals surface area contributed by atoms with Crippen molar-refractivity contribution in [3.63, 3.8) is 0 Å². The van der Waals surface area contributed by atoms with Gasteiger partial charge in [0.2, 0.25) is 0 Å². The molecule has 0 spiro atoms. The van der Waals surface area contributed by atoms with E-state index in [9.17, 15) is 9.59 Å². The van der Waals surface area contributed by atoms with Crippen LogP contribution in [0.5, 0.6) is 0 Å². The number of Topliss-reactive ketones (excluding diaryl/α,β-unsaturated/α-hetero) is 1. The summed E-state index contributed by atoms with van der Waals surface area (Å²) in [5, 5.41) is 2.64. The van der Waals surface area contributed by atoms with E-state index in [2.05, 4.69) is 11.9 Å². The second-order valence-electron chi connectivity index (χ2n) is 7.23. The third-order valence-electron chi connectivity index (χ3n) is 3.32. The number of allylic oxidation sites excluding steroid dienone is 1. The van der Waals surface area contributed by atoms with E-state index in [-0.39, 0.29) is 12.2 Å². The average molecular weight is 347 g/mol. The molecule has 2 atom stereocenters. The van der Waals surface area contributed by atoms with Gasteiger partial charge in [-0.05, 0) is 40.2 Å². The number of ether oxygens (including phenoxy) is 2. The SMILES string of the molecule is C=C(C)CC(=O)C(NC(=O)OC(C)(C)C)C(C)OCc1ccccc1. The van der Waals surface area contributed by atoms with E-state index >= 15 is 0 Å². The Morgan fingerprint density at radius 2 is 1.80 bits per heavy atom. The molecular weight excluding hydrogens is 318 g/mol. The van der Waals surface area contributed by atoms with Gasteiger partial charge in [-0.3, -0.25) is 4.79 Å². The molecule has 5 nitrogen and oxygen atoms in total. The summed E-state index contributed by atoms with van der Waals surface area (Å²) in [4.78, 5) is 24.6. The van der Waals surface area contributed by atoms with Gasteiger partial charge in [0, 0.05) is 6.42 Å². The first-order chi connectivity index (χ1) is 11.6. The van der Waals surface area contributed by atoms with Crippen molar-refractivity contribution in [2.45, 2.75) is 65.4 Å². The van der Waals surface area contributed by atoms with Gasteiger partial charge in [-0.25, -0.2) is 4.79 Å². The molecule has 0 fully saturated rings. The highest BCUT2D eigenvalue weighted by molar-refractivity contribution is 5.89.